The Bertz CT molecular complexity index is 1020. The van der Waals surface area contributed by atoms with Crippen molar-refractivity contribution >= 4 is 21.6 Å². The largest absolute Gasteiger partial charge is 0.495 e. The zero-order valence-corrected chi connectivity index (χ0v) is 15.8. The molecule has 3 rings (SSSR count). The van der Waals surface area contributed by atoms with E-state index in [0.717, 1.165) is 11.3 Å². The smallest absolute Gasteiger partial charge is 0.244 e. The lowest BCUT2D eigenvalue weighted by Gasteiger charge is -2.10. The van der Waals surface area contributed by atoms with Gasteiger partial charge in [0, 0.05) is 30.0 Å². The normalized spacial score (nSPS) is 11.5. The molecule has 7 nitrogen and oxygen atoms in total. The second-order valence-electron chi connectivity index (χ2n) is 5.50. The lowest BCUT2D eigenvalue weighted by Crippen LogP contribution is -2.24. The van der Waals surface area contributed by atoms with Gasteiger partial charge in [-0.15, -0.1) is 0 Å². The molecule has 9 heteroatoms. The Labute approximate surface area is 156 Å². The number of aryl methyl sites for hydroxylation is 1. The maximum atomic E-state index is 12.6. The second kappa shape index (κ2) is 7.45. The molecular formula is C17H17ClN4O3S. The van der Waals surface area contributed by atoms with Gasteiger partial charge in [-0.2, -0.15) is 5.10 Å². The van der Waals surface area contributed by atoms with E-state index >= 15 is 0 Å². The minimum Gasteiger partial charge on any atom is -0.495 e. The molecule has 0 bridgehead atoms. The van der Waals surface area contributed by atoms with E-state index in [2.05, 4.69) is 14.8 Å². The van der Waals surface area contributed by atoms with Crippen LogP contribution in [0.3, 0.4) is 0 Å². The van der Waals surface area contributed by atoms with Crippen molar-refractivity contribution in [2.75, 3.05) is 7.11 Å². The van der Waals surface area contributed by atoms with E-state index in [1.807, 2.05) is 18.2 Å². The van der Waals surface area contributed by atoms with Gasteiger partial charge in [0.2, 0.25) is 10.0 Å². The summed E-state index contributed by atoms with van der Waals surface area (Å²) in [6.07, 6.45) is 3.38. The number of nitrogens with zero attached hydrogens (tertiary/aromatic N) is 3. The highest BCUT2D eigenvalue weighted by Gasteiger charge is 2.20. The fraction of sp³-hybridized carbons (Fsp3) is 0.176. The third-order valence-electron chi connectivity index (χ3n) is 3.76. The minimum atomic E-state index is -3.81. The Morgan fingerprint density at radius 2 is 1.92 bits per heavy atom. The Hall–Kier alpha value is -2.42. The molecule has 0 fully saturated rings. The molecule has 3 aromatic rings. The van der Waals surface area contributed by atoms with Crippen LogP contribution in [0.4, 0.5) is 0 Å². The summed E-state index contributed by atoms with van der Waals surface area (Å²) in [7, 11) is -0.607. The van der Waals surface area contributed by atoms with Gasteiger partial charge in [-0.1, -0.05) is 11.6 Å². The molecule has 0 amide bonds. The number of methoxy groups -OCH3 is 1. The molecule has 0 radical (unpaired) electrons. The van der Waals surface area contributed by atoms with Crippen molar-refractivity contribution in [3.8, 4) is 17.0 Å². The van der Waals surface area contributed by atoms with Gasteiger partial charge < -0.3 is 4.74 Å². The summed E-state index contributed by atoms with van der Waals surface area (Å²) < 4.78 is 34.6. The van der Waals surface area contributed by atoms with Gasteiger partial charge in [0.25, 0.3) is 0 Å². The van der Waals surface area contributed by atoms with Crippen LogP contribution in [0.1, 0.15) is 5.69 Å². The lowest BCUT2D eigenvalue weighted by atomic mass is 10.2. The highest BCUT2D eigenvalue weighted by atomic mass is 35.5. The Morgan fingerprint density at radius 3 is 2.62 bits per heavy atom. The zero-order valence-electron chi connectivity index (χ0n) is 14.2. The predicted molar refractivity (Wildman–Crippen MR) is 98.5 cm³/mol. The average Bonchev–Trinajstić information content (AvgIpc) is 3.01. The monoisotopic (exact) mass is 392 g/mol. The second-order valence-corrected chi connectivity index (χ2v) is 7.67. The van der Waals surface area contributed by atoms with Gasteiger partial charge in [-0.05, 0) is 36.4 Å². The van der Waals surface area contributed by atoms with Crippen molar-refractivity contribution in [1.82, 2.24) is 19.5 Å². The molecule has 0 aliphatic rings. The Balaban J connectivity index is 1.82. The molecule has 0 saturated carbocycles. The Kier molecular flexibility index (Phi) is 5.26. The summed E-state index contributed by atoms with van der Waals surface area (Å²) in [5.74, 6) is 0.223. The number of sulfonamides is 1. The van der Waals surface area contributed by atoms with E-state index in [1.165, 1.54) is 19.2 Å². The molecule has 136 valence electrons. The first-order valence-electron chi connectivity index (χ1n) is 7.67. The number of benzene rings is 1. The van der Waals surface area contributed by atoms with E-state index in [9.17, 15) is 8.42 Å². The van der Waals surface area contributed by atoms with Crippen LogP contribution in [0, 0.1) is 0 Å². The van der Waals surface area contributed by atoms with E-state index in [4.69, 9.17) is 16.3 Å². The van der Waals surface area contributed by atoms with Crippen LogP contribution in [-0.4, -0.2) is 30.3 Å². The zero-order chi connectivity index (χ0) is 18.7. The molecule has 2 aromatic heterocycles. The summed E-state index contributed by atoms with van der Waals surface area (Å²) in [5, 5.41) is 4.67. The third kappa shape index (κ3) is 3.87. The van der Waals surface area contributed by atoms with Crippen LogP contribution in [0.15, 0.2) is 53.7 Å². The molecule has 0 aliphatic heterocycles. The number of nitrogens with one attached hydrogen (secondary N) is 1. The van der Waals surface area contributed by atoms with Gasteiger partial charge in [0.1, 0.15) is 10.6 Å². The Morgan fingerprint density at radius 1 is 1.19 bits per heavy atom. The summed E-state index contributed by atoms with van der Waals surface area (Å²) >= 11 is 5.92. The van der Waals surface area contributed by atoms with Gasteiger partial charge in [-0.25, -0.2) is 13.1 Å². The molecular weight excluding hydrogens is 376 g/mol. The van der Waals surface area contributed by atoms with Crippen LogP contribution in [0.5, 0.6) is 5.75 Å². The summed E-state index contributed by atoms with van der Waals surface area (Å²) in [6, 6.07) is 9.98. The molecule has 0 unspecified atom stereocenters. The molecule has 0 aliphatic carbocycles. The summed E-state index contributed by atoms with van der Waals surface area (Å²) in [6.45, 7) is 0.0386. The first kappa shape index (κ1) is 18.4. The van der Waals surface area contributed by atoms with Gasteiger partial charge in [0.15, 0.2) is 0 Å². The number of aromatic nitrogens is 3. The van der Waals surface area contributed by atoms with E-state index < -0.39 is 10.0 Å². The lowest BCUT2D eigenvalue weighted by molar-refractivity contribution is 0.402. The van der Waals surface area contributed by atoms with Gasteiger partial charge in [-0.3, -0.25) is 9.67 Å². The number of pyridine rings is 1. The minimum absolute atomic E-state index is 0.0159. The van der Waals surface area contributed by atoms with Crippen LogP contribution in [0.2, 0.25) is 5.02 Å². The SMILES string of the molecule is COc1ccc(Cl)cc1S(=O)(=O)NCc1cc(-c2ccncc2)n(C)n1. The number of hydrogen-bond acceptors (Lipinski definition) is 5. The van der Waals surface area contributed by atoms with Crippen LogP contribution in [0.25, 0.3) is 11.3 Å². The number of hydrogen-bond donors (Lipinski definition) is 1. The van der Waals surface area contributed by atoms with Gasteiger partial charge >= 0.3 is 0 Å². The maximum absolute atomic E-state index is 12.6. The van der Waals surface area contributed by atoms with Crippen molar-refractivity contribution in [2.45, 2.75) is 11.4 Å². The number of halogens is 1. The summed E-state index contributed by atoms with van der Waals surface area (Å²) in [5.41, 5.74) is 2.39. The standard InChI is InChI=1S/C17H17ClN4O3S/c1-22-15(12-5-7-19-8-6-12)10-14(21-22)11-20-26(23,24)17-9-13(18)3-4-16(17)25-2/h3-10,20H,11H2,1-2H3. The molecule has 26 heavy (non-hydrogen) atoms. The number of rotatable bonds is 6. The molecule has 1 N–H and O–H groups in total. The van der Waals surface area contributed by atoms with Crippen LogP contribution < -0.4 is 9.46 Å². The van der Waals surface area contributed by atoms with Crippen LogP contribution in [-0.2, 0) is 23.6 Å². The van der Waals surface area contributed by atoms with Crippen molar-refractivity contribution in [3.63, 3.8) is 0 Å². The van der Waals surface area contributed by atoms with E-state index in [1.54, 1.807) is 30.2 Å². The number of ether oxygens (including phenoxy) is 1. The van der Waals surface area contributed by atoms with Crippen LogP contribution >= 0.6 is 11.6 Å². The quantitative estimate of drug-likeness (QED) is 0.696. The van der Waals surface area contributed by atoms with Crippen molar-refractivity contribution in [2.24, 2.45) is 7.05 Å². The molecule has 0 atom stereocenters. The molecule has 0 spiro atoms. The first-order valence-corrected chi connectivity index (χ1v) is 9.53. The van der Waals surface area contributed by atoms with E-state index in [-0.39, 0.29) is 17.2 Å². The van der Waals surface area contributed by atoms with Gasteiger partial charge in [0.05, 0.1) is 25.0 Å². The average molecular weight is 393 g/mol. The van der Waals surface area contributed by atoms with Crippen molar-refractivity contribution < 1.29 is 13.2 Å². The van der Waals surface area contributed by atoms with Crippen molar-refractivity contribution in [3.05, 3.63) is 59.5 Å². The predicted octanol–water partition coefficient (Wildman–Crippen LogP) is 2.62. The fourth-order valence-electron chi connectivity index (χ4n) is 2.51. The topological polar surface area (TPSA) is 86.1 Å². The molecule has 2 heterocycles. The molecule has 0 saturated heterocycles. The van der Waals surface area contributed by atoms with E-state index in [0.29, 0.717) is 10.7 Å². The maximum Gasteiger partial charge on any atom is 0.244 e. The first-order chi connectivity index (χ1) is 12.4. The third-order valence-corrected chi connectivity index (χ3v) is 5.42. The summed E-state index contributed by atoms with van der Waals surface area (Å²) in [4.78, 5) is 3.97. The highest BCUT2D eigenvalue weighted by molar-refractivity contribution is 7.89. The van der Waals surface area contributed by atoms with Crippen molar-refractivity contribution in [1.29, 1.82) is 0 Å². The highest BCUT2D eigenvalue weighted by Crippen LogP contribution is 2.27. The fourth-order valence-corrected chi connectivity index (χ4v) is 3.94. The molecule has 1 aromatic carbocycles.